The van der Waals surface area contributed by atoms with Gasteiger partial charge in [-0.2, -0.15) is 9.97 Å². The van der Waals surface area contributed by atoms with Crippen LogP contribution in [0.25, 0.3) is 22.1 Å². The Morgan fingerprint density at radius 1 is 1.20 bits per heavy atom. The second-order valence-electron chi connectivity index (χ2n) is 8.49. The first-order valence-electron chi connectivity index (χ1n) is 11.3. The lowest BCUT2D eigenvalue weighted by Gasteiger charge is -2.36. The number of methoxy groups -OCH3 is 1. The number of fused-ring (bicyclic) bond motifs is 2. The highest BCUT2D eigenvalue weighted by atomic mass is 19.1. The molecule has 0 spiro atoms. The van der Waals surface area contributed by atoms with Crippen molar-refractivity contribution in [1.82, 2.24) is 29.8 Å². The van der Waals surface area contributed by atoms with Crippen LogP contribution in [0.2, 0.25) is 0 Å². The SMILES string of the molecule is COC(=O)N1CCN(c2nc3c(C)c(F)ccc3cc2C(C)Nc2nc(N)nc3[nH]cnc23)CC1. The first-order chi connectivity index (χ1) is 16.9. The van der Waals surface area contributed by atoms with Gasteiger partial charge in [-0.05, 0) is 32.0 Å². The van der Waals surface area contributed by atoms with E-state index in [9.17, 15) is 9.18 Å². The fourth-order valence-corrected chi connectivity index (χ4v) is 4.40. The van der Waals surface area contributed by atoms with E-state index in [1.54, 1.807) is 17.9 Å². The Hall–Kier alpha value is -4.22. The third kappa shape index (κ3) is 4.11. The van der Waals surface area contributed by atoms with Crippen LogP contribution >= 0.6 is 0 Å². The summed E-state index contributed by atoms with van der Waals surface area (Å²) < 4.78 is 19.2. The maximum Gasteiger partial charge on any atom is 0.409 e. The van der Waals surface area contributed by atoms with E-state index in [2.05, 4.69) is 30.2 Å². The van der Waals surface area contributed by atoms with Gasteiger partial charge in [0.2, 0.25) is 5.95 Å². The number of ether oxygens (including phenoxy) is 1. The minimum atomic E-state index is -0.353. The summed E-state index contributed by atoms with van der Waals surface area (Å²) in [5.41, 5.74) is 9.00. The largest absolute Gasteiger partial charge is 0.453 e. The number of amides is 1. The topological polar surface area (TPSA) is 138 Å². The Balaban J connectivity index is 1.55. The van der Waals surface area contributed by atoms with E-state index >= 15 is 0 Å². The molecule has 4 aromatic rings. The first-order valence-corrected chi connectivity index (χ1v) is 11.3. The van der Waals surface area contributed by atoms with Crippen molar-refractivity contribution in [2.45, 2.75) is 19.9 Å². The fraction of sp³-hybridized carbons (Fsp3) is 0.348. The highest BCUT2D eigenvalue weighted by molar-refractivity contribution is 5.86. The molecular weight excluding hydrogens is 453 g/mol. The molecule has 5 rings (SSSR count). The molecule has 1 aliphatic heterocycles. The number of aromatic amines is 1. The summed E-state index contributed by atoms with van der Waals surface area (Å²) in [7, 11) is 1.37. The molecule has 12 heteroatoms. The number of pyridine rings is 1. The van der Waals surface area contributed by atoms with Crippen molar-refractivity contribution >= 4 is 45.7 Å². The molecule has 0 bridgehead atoms. The van der Waals surface area contributed by atoms with E-state index in [0.717, 1.165) is 16.8 Å². The Morgan fingerprint density at radius 3 is 2.71 bits per heavy atom. The molecule has 1 amide bonds. The Morgan fingerprint density at radius 2 is 1.97 bits per heavy atom. The number of aromatic nitrogens is 5. The molecule has 4 N–H and O–H groups in total. The molecule has 1 unspecified atom stereocenters. The number of anilines is 3. The standard InChI is InChI=1S/C23H26FN9O2/c1-12-16(24)5-4-14-10-15(13(2)28-20-18-19(27-11-26-18)30-22(25)31-20)21(29-17(12)14)32-6-8-33(9-7-32)23(34)35-3/h4-5,10-11,13H,6-9H2,1-3H3,(H4,25,26,27,28,30,31). The molecule has 35 heavy (non-hydrogen) atoms. The molecule has 1 aromatic carbocycles. The highest BCUT2D eigenvalue weighted by Crippen LogP contribution is 2.33. The number of carbonyl (C=O) groups excluding carboxylic acids is 1. The summed E-state index contributed by atoms with van der Waals surface area (Å²) in [6.07, 6.45) is 1.18. The molecule has 1 atom stereocenters. The normalized spacial score (nSPS) is 15.0. The average molecular weight is 480 g/mol. The molecule has 0 radical (unpaired) electrons. The Labute approximate surface area is 200 Å². The van der Waals surface area contributed by atoms with E-state index in [4.69, 9.17) is 15.5 Å². The van der Waals surface area contributed by atoms with Crippen molar-refractivity contribution in [1.29, 1.82) is 0 Å². The number of nitrogen functional groups attached to an aromatic ring is 1. The van der Waals surface area contributed by atoms with Gasteiger partial charge in [0.15, 0.2) is 11.5 Å². The van der Waals surface area contributed by atoms with Gasteiger partial charge in [0.25, 0.3) is 0 Å². The lowest BCUT2D eigenvalue weighted by Crippen LogP contribution is -2.49. The molecule has 0 saturated carbocycles. The van der Waals surface area contributed by atoms with Crippen LogP contribution in [-0.2, 0) is 4.74 Å². The number of rotatable bonds is 4. The van der Waals surface area contributed by atoms with Crippen LogP contribution in [0.5, 0.6) is 0 Å². The number of imidazole rings is 1. The third-order valence-corrected chi connectivity index (χ3v) is 6.31. The molecule has 0 aliphatic carbocycles. The molecule has 1 fully saturated rings. The average Bonchev–Trinajstić information content (AvgIpc) is 3.34. The number of nitrogens with one attached hydrogen (secondary N) is 2. The molecule has 4 heterocycles. The van der Waals surface area contributed by atoms with Crippen molar-refractivity contribution < 1.29 is 13.9 Å². The van der Waals surface area contributed by atoms with Gasteiger partial charge in [0.05, 0.1) is 25.0 Å². The van der Waals surface area contributed by atoms with Gasteiger partial charge in [-0.25, -0.2) is 19.2 Å². The van der Waals surface area contributed by atoms with Gasteiger partial charge in [-0.15, -0.1) is 0 Å². The van der Waals surface area contributed by atoms with Crippen molar-refractivity contribution in [3.63, 3.8) is 0 Å². The minimum Gasteiger partial charge on any atom is -0.453 e. The fourth-order valence-electron chi connectivity index (χ4n) is 4.40. The van der Waals surface area contributed by atoms with E-state index < -0.39 is 0 Å². The van der Waals surface area contributed by atoms with Crippen LogP contribution in [0.4, 0.5) is 26.8 Å². The zero-order chi connectivity index (χ0) is 24.7. The van der Waals surface area contributed by atoms with Crippen molar-refractivity contribution in [2.24, 2.45) is 0 Å². The molecule has 3 aromatic heterocycles. The number of hydrogen-bond acceptors (Lipinski definition) is 9. The molecule has 1 aliphatic rings. The van der Waals surface area contributed by atoms with Crippen molar-refractivity contribution in [3.8, 4) is 0 Å². The number of halogens is 1. The summed E-state index contributed by atoms with van der Waals surface area (Å²) in [5, 5.41) is 4.23. The number of carbonyl (C=O) groups is 1. The molecule has 1 saturated heterocycles. The van der Waals surface area contributed by atoms with E-state index in [0.29, 0.717) is 54.2 Å². The number of nitrogens with two attached hydrogens (primary N) is 1. The van der Waals surface area contributed by atoms with Crippen LogP contribution in [-0.4, -0.2) is 69.2 Å². The second-order valence-corrected chi connectivity index (χ2v) is 8.49. The van der Waals surface area contributed by atoms with E-state index in [1.165, 1.54) is 19.5 Å². The van der Waals surface area contributed by atoms with Gasteiger partial charge < -0.3 is 30.6 Å². The molecular formula is C23H26FN9O2. The number of H-pyrrole nitrogens is 1. The van der Waals surface area contributed by atoms with Gasteiger partial charge in [-0.1, -0.05) is 0 Å². The lowest BCUT2D eigenvalue weighted by atomic mass is 10.0. The maximum atomic E-state index is 14.3. The third-order valence-electron chi connectivity index (χ3n) is 6.31. The van der Waals surface area contributed by atoms with E-state index in [1.807, 2.05) is 13.0 Å². The zero-order valence-electron chi connectivity index (χ0n) is 19.7. The van der Waals surface area contributed by atoms with E-state index in [-0.39, 0.29) is 23.9 Å². The Kier molecular flexibility index (Phi) is 5.71. The summed E-state index contributed by atoms with van der Waals surface area (Å²) in [4.78, 5) is 36.4. The Bertz CT molecular complexity index is 1420. The minimum absolute atomic E-state index is 0.123. The lowest BCUT2D eigenvalue weighted by molar-refractivity contribution is 0.121. The van der Waals surface area contributed by atoms with Gasteiger partial charge >= 0.3 is 6.09 Å². The molecule has 11 nitrogen and oxygen atoms in total. The second kappa shape index (κ2) is 8.85. The number of hydrogen-bond donors (Lipinski definition) is 3. The zero-order valence-corrected chi connectivity index (χ0v) is 19.7. The van der Waals surface area contributed by atoms with Crippen molar-refractivity contribution in [2.75, 3.05) is 49.2 Å². The summed E-state index contributed by atoms with van der Waals surface area (Å²) in [6.45, 7) is 5.82. The number of nitrogens with zero attached hydrogens (tertiary/aromatic N) is 6. The molecule has 182 valence electrons. The van der Waals surface area contributed by atoms with Crippen LogP contribution in [0.15, 0.2) is 24.5 Å². The van der Waals surface area contributed by atoms with Gasteiger partial charge in [0.1, 0.15) is 17.2 Å². The summed E-state index contributed by atoms with van der Waals surface area (Å²) in [5.74, 6) is 1.04. The number of piperazine rings is 1. The quantitative estimate of drug-likeness (QED) is 0.403. The number of aryl methyl sites for hydroxylation is 1. The monoisotopic (exact) mass is 479 g/mol. The van der Waals surface area contributed by atoms with Crippen LogP contribution in [0.1, 0.15) is 24.1 Å². The van der Waals surface area contributed by atoms with Crippen LogP contribution < -0.4 is 16.0 Å². The first kappa shape index (κ1) is 22.6. The predicted octanol–water partition coefficient (Wildman–Crippen LogP) is 2.99. The smallest absolute Gasteiger partial charge is 0.409 e. The summed E-state index contributed by atoms with van der Waals surface area (Å²) >= 11 is 0. The van der Waals surface area contributed by atoms with Crippen LogP contribution in [0.3, 0.4) is 0 Å². The number of benzene rings is 1. The van der Waals surface area contributed by atoms with Gasteiger partial charge in [0, 0.05) is 42.7 Å². The maximum absolute atomic E-state index is 14.3. The highest BCUT2D eigenvalue weighted by Gasteiger charge is 2.26. The van der Waals surface area contributed by atoms with Crippen LogP contribution in [0, 0.1) is 12.7 Å². The summed E-state index contributed by atoms with van der Waals surface area (Å²) in [6, 6.07) is 4.95. The predicted molar refractivity (Wildman–Crippen MR) is 131 cm³/mol. The van der Waals surface area contributed by atoms with Gasteiger partial charge in [-0.3, -0.25) is 0 Å². The van der Waals surface area contributed by atoms with Crippen molar-refractivity contribution in [3.05, 3.63) is 41.5 Å².